The summed E-state index contributed by atoms with van der Waals surface area (Å²) in [6, 6.07) is 1.64. The molecule has 76 valence electrons. The molecule has 1 N–H and O–H groups in total. The molecule has 1 unspecified atom stereocenters. The van der Waals surface area contributed by atoms with Gasteiger partial charge in [0, 0.05) is 19.2 Å². The number of anilines is 1. The molecule has 1 atom stereocenters. The molecule has 1 aliphatic heterocycles. The third-order valence-corrected chi connectivity index (χ3v) is 2.50. The van der Waals surface area contributed by atoms with Gasteiger partial charge < -0.3 is 10.0 Å². The average Bonchev–Trinajstić information content (AvgIpc) is 2.50. The number of β-amino-alcohol motifs (C(OH)–C–C–N with tert-alkyl or cyclic N) is 1. The second-order valence-electron chi connectivity index (χ2n) is 3.21. The first-order chi connectivity index (χ1) is 6.65. The van der Waals surface area contributed by atoms with E-state index in [1.807, 2.05) is 4.90 Å². The summed E-state index contributed by atoms with van der Waals surface area (Å²) in [5, 5.41) is 9.80. The molecule has 6 heteroatoms. The minimum Gasteiger partial charge on any atom is -0.391 e. The van der Waals surface area contributed by atoms with E-state index in [-0.39, 0.29) is 11.4 Å². The van der Waals surface area contributed by atoms with Crippen LogP contribution in [0, 0.1) is 0 Å². The Bertz CT molecular complexity index is 327. The summed E-state index contributed by atoms with van der Waals surface area (Å²) in [5.41, 5.74) is 0. The van der Waals surface area contributed by atoms with Crippen LogP contribution in [0.2, 0.25) is 10.4 Å². The van der Waals surface area contributed by atoms with Crippen LogP contribution in [-0.4, -0.2) is 34.3 Å². The molecule has 1 fully saturated rings. The van der Waals surface area contributed by atoms with Gasteiger partial charge in [0.05, 0.1) is 6.10 Å². The van der Waals surface area contributed by atoms with Gasteiger partial charge in [-0.2, -0.15) is 0 Å². The van der Waals surface area contributed by atoms with Crippen molar-refractivity contribution in [2.45, 2.75) is 12.5 Å². The summed E-state index contributed by atoms with van der Waals surface area (Å²) in [6.07, 6.45) is 0.460. The van der Waals surface area contributed by atoms with E-state index >= 15 is 0 Å². The number of halogens is 2. The fourth-order valence-corrected chi connectivity index (χ4v) is 1.89. The third-order valence-electron chi connectivity index (χ3n) is 2.14. The summed E-state index contributed by atoms with van der Waals surface area (Å²) < 4.78 is 0. The van der Waals surface area contributed by atoms with Gasteiger partial charge >= 0.3 is 0 Å². The lowest BCUT2D eigenvalue weighted by Gasteiger charge is -2.16. The number of rotatable bonds is 1. The van der Waals surface area contributed by atoms with Gasteiger partial charge in [-0.25, -0.2) is 9.97 Å². The molecule has 0 aliphatic carbocycles. The van der Waals surface area contributed by atoms with E-state index in [1.165, 1.54) is 0 Å². The molecular formula is C8H9Cl2N3O. The lowest BCUT2D eigenvalue weighted by atomic mass is 10.3. The minimum atomic E-state index is -0.289. The lowest BCUT2D eigenvalue weighted by molar-refractivity contribution is 0.198. The third kappa shape index (κ3) is 2.08. The second kappa shape index (κ2) is 3.88. The molecule has 0 radical (unpaired) electrons. The SMILES string of the molecule is OC1CCN(c2cc(Cl)nc(Cl)n2)C1. The van der Waals surface area contributed by atoms with Gasteiger partial charge in [-0.1, -0.05) is 11.6 Å². The molecule has 0 bridgehead atoms. The number of aliphatic hydroxyl groups is 1. The van der Waals surface area contributed by atoms with Crippen molar-refractivity contribution in [1.82, 2.24) is 9.97 Å². The van der Waals surface area contributed by atoms with E-state index in [9.17, 15) is 5.11 Å². The zero-order chi connectivity index (χ0) is 10.1. The van der Waals surface area contributed by atoms with Crippen LogP contribution in [0.25, 0.3) is 0 Å². The monoisotopic (exact) mass is 233 g/mol. The van der Waals surface area contributed by atoms with Crippen LogP contribution in [0.4, 0.5) is 5.82 Å². The Morgan fingerprint density at radius 1 is 1.43 bits per heavy atom. The smallest absolute Gasteiger partial charge is 0.225 e. The van der Waals surface area contributed by atoms with E-state index in [2.05, 4.69) is 9.97 Å². The number of hydrogen-bond donors (Lipinski definition) is 1. The molecule has 0 spiro atoms. The second-order valence-corrected chi connectivity index (χ2v) is 3.93. The largest absolute Gasteiger partial charge is 0.391 e. The van der Waals surface area contributed by atoms with Crippen LogP contribution in [0.3, 0.4) is 0 Å². The lowest BCUT2D eigenvalue weighted by Crippen LogP contribution is -2.22. The highest BCUT2D eigenvalue weighted by molar-refractivity contribution is 6.32. The molecule has 0 saturated carbocycles. The maximum atomic E-state index is 9.35. The van der Waals surface area contributed by atoms with E-state index in [1.54, 1.807) is 6.07 Å². The first kappa shape index (κ1) is 9.96. The van der Waals surface area contributed by atoms with Crippen molar-refractivity contribution in [3.8, 4) is 0 Å². The summed E-state index contributed by atoms with van der Waals surface area (Å²) >= 11 is 11.4. The molecule has 0 amide bonds. The molecule has 4 nitrogen and oxygen atoms in total. The van der Waals surface area contributed by atoms with Crippen LogP contribution in [0.1, 0.15) is 6.42 Å². The Labute approximate surface area is 91.5 Å². The predicted molar refractivity (Wildman–Crippen MR) is 54.9 cm³/mol. The minimum absolute atomic E-state index is 0.133. The maximum absolute atomic E-state index is 9.35. The molecule has 14 heavy (non-hydrogen) atoms. The number of nitrogens with zero attached hydrogens (tertiary/aromatic N) is 3. The number of aromatic nitrogens is 2. The van der Waals surface area contributed by atoms with E-state index < -0.39 is 0 Å². The van der Waals surface area contributed by atoms with E-state index in [4.69, 9.17) is 23.2 Å². The van der Waals surface area contributed by atoms with Crippen molar-refractivity contribution in [2.75, 3.05) is 18.0 Å². The molecular weight excluding hydrogens is 225 g/mol. The summed E-state index contributed by atoms with van der Waals surface area (Å²) in [7, 11) is 0. The molecule has 1 aliphatic rings. The van der Waals surface area contributed by atoms with E-state index in [0.29, 0.717) is 17.5 Å². The van der Waals surface area contributed by atoms with Crippen molar-refractivity contribution >= 4 is 29.0 Å². The van der Waals surface area contributed by atoms with E-state index in [0.717, 1.165) is 13.0 Å². The summed E-state index contributed by atoms with van der Waals surface area (Å²) in [4.78, 5) is 9.73. The topological polar surface area (TPSA) is 49.2 Å². The quantitative estimate of drug-likeness (QED) is 0.588. The van der Waals surface area contributed by atoms with Crippen molar-refractivity contribution < 1.29 is 5.11 Å². The Kier molecular flexibility index (Phi) is 2.76. The standard InChI is InChI=1S/C8H9Cl2N3O/c9-6-3-7(12-8(10)11-6)13-2-1-5(14)4-13/h3,5,14H,1-2,4H2. The van der Waals surface area contributed by atoms with Gasteiger partial charge in [-0.05, 0) is 18.0 Å². The highest BCUT2D eigenvalue weighted by Gasteiger charge is 2.21. The fraction of sp³-hybridized carbons (Fsp3) is 0.500. The maximum Gasteiger partial charge on any atom is 0.225 e. The van der Waals surface area contributed by atoms with Gasteiger partial charge in [0.25, 0.3) is 0 Å². The van der Waals surface area contributed by atoms with Crippen molar-refractivity contribution in [2.24, 2.45) is 0 Å². The van der Waals surface area contributed by atoms with Crippen LogP contribution in [-0.2, 0) is 0 Å². The Hall–Kier alpha value is -0.580. The molecule has 1 aromatic heterocycles. The van der Waals surface area contributed by atoms with Gasteiger partial charge in [0.1, 0.15) is 11.0 Å². The van der Waals surface area contributed by atoms with Crippen molar-refractivity contribution in [3.05, 3.63) is 16.5 Å². The van der Waals surface area contributed by atoms with Crippen molar-refractivity contribution in [3.63, 3.8) is 0 Å². The normalized spacial score (nSPS) is 21.6. The van der Waals surface area contributed by atoms with Crippen LogP contribution >= 0.6 is 23.2 Å². The zero-order valence-electron chi connectivity index (χ0n) is 7.32. The Balaban J connectivity index is 2.23. The van der Waals surface area contributed by atoms with Crippen LogP contribution in [0.15, 0.2) is 6.07 Å². The molecule has 1 saturated heterocycles. The fourth-order valence-electron chi connectivity index (χ4n) is 1.49. The Morgan fingerprint density at radius 2 is 2.21 bits per heavy atom. The van der Waals surface area contributed by atoms with Gasteiger partial charge in [-0.3, -0.25) is 0 Å². The van der Waals surface area contributed by atoms with Gasteiger partial charge in [0.2, 0.25) is 5.28 Å². The van der Waals surface area contributed by atoms with Crippen LogP contribution < -0.4 is 4.90 Å². The molecule has 2 rings (SSSR count). The van der Waals surface area contributed by atoms with Crippen LogP contribution in [0.5, 0.6) is 0 Å². The number of hydrogen-bond acceptors (Lipinski definition) is 4. The highest BCUT2D eigenvalue weighted by atomic mass is 35.5. The zero-order valence-corrected chi connectivity index (χ0v) is 8.83. The molecule has 1 aromatic rings. The first-order valence-corrected chi connectivity index (χ1v) is 5.04. The highest BCUT2D eigenvalue weighted by Crippen LogP contribution is 2.22. The summed E-state index contributed by atoms with van der Waals surface area (Å²) in [6.45, 7) is 1.34. The number of aliphatic hydroxyl groups excluding tert-OH is 1. The molecule has 0 aromatic carbocycles. The van der Waals surface area contributed by atoms with Gasteiger partial charge in [0.15, 0.2) is 0 Å². The summed E-state index contributed by atoms with van der Waals surface area (Å²) in [5.74, 6) is 0.673. The van der Waals surface area contributed by atoms with Gasteiger partial charge in [-0.15, -0.1) is 0 Å². The average molecular weight is 234 g/mol. The van der Waals surface area contributed by atoms with Crippen molar-refractivity contribution in [1.29, 1.82) is 0 Å². The predicted octanol–water partition coefficient (Wildman–Crippen LogP) is 1.35. The molecule has 2 heterocycles. The first-order valence-electron chi connectivity index (χ1n) is 4.28. The Morgan fingerprint density at radius 3 is 2.79 bits per heavy atom.